The van der Waals surface area contributed by atoms with Crippen molar-refractivity contribution >= 4 is 10.1 Å². The molecule has 2 atom stereocenters. The summed E-state index contributed by atoms with van der Waals surface area (Å²) >= 11 is 0. The lowest BCUT2D eigenvalue weighted by Crippen LogP contribution is -2.63. The SMILES string of the molecule is O=S(=O)(O)c1c(F)c(F)c2c(c1F)OC(F)(c1c(F)c(F)c(F)c(F)c1F)C(F)(F)C2(F)c1c(F)c(F)c(C(F)(F)F)c(F)c1-n1nc(F)c(F)c1F. The summed E-state index contributed by atoms with van der Waals surface area (Å²) in [7, 11) is -6.78. The van der Waals surface area contributed by atoms with E-state index >= 15 is 35.1 Å². The molecule has 2 heterocycles. The molecule has 6 nitrogen and oxygen atoms in total. The highest BCUT2D eigenvalue weighted by molar-refractivity contribution is 7.85. The van der Waals surface area contributed by atoms with Crippen molar-refractivity contribution in [2.24, 2.45) is 0 Å². The third kappa shape index (κ3) is 4.88. The van der Waals surface area contributed by atoms with Crippen LogP contribution < -0.4 is 4.74 Å². The largest absolute Gasteiger partial charge is 0.445 e. The lowest BCUT2D eigenvalue weighted by Gasteiger charge is -2.47. The van der Waals surface area contributed by atoms with Crippen LogP contribution in [0.5, 0.6) is 5.75 Å². The van der Waals surface area contributed by atoms with Crippen LogP contribution in [0.3, 0.4) is 0 Å². The summed E-state index contributed by atoms with van der Waals surface area (Å²) < 4.78 is 348. The second-order valence-electron chi connectivity index (χ2n) is 10.2. The maximum atomic E-state index is 17.5. The number of alkyl halides is 7. The van der Waals surface area contributed by atoms with Gasteiger partial charge in [-0.1, -0.05) is 0 Å². The summed E-state index contributed by atoms with van der Waals surface area (Å²) in [5, 5.41) is 1.94. The van der Waals surface area contributed by atoms with Crippen LogP contribution in [0.25, 0.3) is 5.69 Å². The van der Waals surface area contributed by atoms with Crippen molar-refractivity contribution in [3.63, 3.8) is 0 Å². The zero-order valence-electron chi connectivity index (χ0n) is 23.4. The van der Waals surface area contributed by atoms with Crippen LogP contribution >= 0.6 is 0 Å². The molecule has 0 spiro atoms. The molecule has 0 saturated carbocycles. The first kappa shape index (κ1) is 39.3. The van der Waals surface area contributed by atoms with E-state index in [1.165, 1.54) is 0 Å². The number of nitrogens with zero attached hydrogens (tertiary/aromatic N) is 2. The maximum absolute atomic E-state index is 17.5. The molecule has 1 aliphatic rings. The van der Waals surface area contributed by atoms with E-state index in [-0.39, 0.29) is 0 Å². The predicted molar refractivity (Wildman–Crippen MR) is 121 cm³/mol. The van der Waals surface area contributed by atoms with E-state index in [0.717, 1.165) is 0 Å². The molecule has 5 rings (SSSR count). The van der Waals surface area contributed by atoms with Gasteiger partial charge < -0.3 is 4.74 Å². The first-order valence-electron chi connectivity index (χ1n) is 12.5. The Morgan fingerprint density at radius 1 is 0.585 bits per heavy atom. The molecule has 0 saturated heterocycles. The highest BCUT2D eigenvalue weighted by Crippen LogP contribution is 2.66. The van der Waals surface area contributed by atoms with Gasteiger partial charge in [0.2, 0.25) is 17.3 Å². The topological polar surface area (TPSA) is 81.4 Å². The van der Waals surface area contributed by atoms with Crippen LogP contribution in [-0.2, 0) is 27.8 Å². The van der Waals surface area contributed by atoms with E-state index in [1.807, 2.05) is 5.10 Å². The van der Waals surface area contributed by atoms with E-state index in [1.54, 1.807) is 0 Å². The summed E-state index contributed by atoms with van der Waals surface area (Å²) in [6, 6.07) is 0. The Bertz CT molecular complexity index is 2380. The molecule has 0 amide bonds. The minimum atomic E-state index is -7.67. The van der Waals surface area contributed by atoms with Crippen LogP contribution in [0, 0.1) is 81.7 Å². The molecule has 28 heteroatoms. The summed E-state index contributed by atoms with van der Waals surface area (Å²) in [6.45, 7) is 0. The summed E-state index contributed by atoms with van der Waals surface area (Å²) in [5.74, 6) is -69.5. The van der Waals surface area contributed by atoms with Gasteiger partial charge in [-0.15, -0.1) is 5.10 Å². The fourth-order valence-corrected chi connectivity index (χ4v) is 5.76. The highest BCUT2D eigenvalue weighted by Gasteiger charge is 2.80. The zero-order chi connectivity index (χ0) is 40.6. The molecule has 53 heavy (non-hydrogen) atoms. The van der Waals surface area contributed by atoms with Crippen molar-refractivity contribution in [2.75, 3.05) is 0 Å². The quantitative estimate of drug-likeness (QED) is 0.0974. The van der Waals surface area contributed by atoms with E-state index in [4.69, 9.17) is 4.55 Å². The van der Waals surface area contributed by atoms with E-state index in [2.05, 4.69) is 4.74 Å². The monoisotopic (exact) mass is 824 g/mol. The fourth-order valence-electron chi connectivity index (χ4n) is 5.12. The standard InChI is InChI=1S/C25HF21N2O4S/c26-5-1(6(27)12(33)13(34)11(5)32)23(41)25(45,46)22(40,4-9(30)14(35)19(53(49,50)51)15(36)18(4)52-23)3-8(29)7(28)2(24(42,43)44)10(31)17(3)48-21(39)16(37)20(38)47-48/h(H,49,50,51). The molecule has 3 aromatic carbocycles. The minimum absolute atomic E-state index is 1.85. The van der Waals surface area contributed by atoms with Gasteiger partial charge in [0.05, 0.1) is 11.1 Å². The molecule has 0 bridgehead atoms. The van der Waals surface area contributed by atoms with Gasteiger partial charge in [0.15, 0.2) is 68.8 Å². The third-order valence-electron chi connectivity index (χ3n) is 7.32. The predicted octanol–water partition coefficient (Wildman–Crippen LogP) is 8.15. The van der Waals surface area contributed by atoms with Gasteiger partial charge in [-0.2, -0.15) is 52.6 Å². The minimum Gasteiger partial charge on any atom is -0.445 e. The van der Waals surface area contributed by atoms with Crippen molar-refractivity contribution in [1.29, 1.82) is 0 Å². The van der Waals surface area contributed by atoms with Crippen LogP contribution in [0.15, 0.2) is 4.90 Å². The van der Waals surface area contributed by atoms with Crippen molar-refractivity contribution in [1.82, 2.24) is 9.78 Å². The van der Waals surface area contributed by atoms with Crippen LogP contribution in [-0.4, -0.2) is 28.7 Å². The summed E-state index contributed by atoms with van der Waals surface area (Å²) in [5.41, 5.74) is -26.4. The van der Waals surface area contributed by atoms with Gasteiger partial charge in [-0.25, -0.2) is 52.7 Å². The third-order valence-corrected chi connectivity index (χ3v) is 8.20. The second kappa shape index (κ2) is 11.6. The molecule has 0 radical (unpaired) electrons. The number of halogens is 21. The summed E-state index contributed by atoms with van der Waals surface area (Å²) in [4.78, 5) is -3.31. The Morgan fingerprint density at radius 3 is 1.47 bits per heavy atom. The van der Waals surface area contributed by atoms with Gasteiger partial charge >= 0.3 is 28.1 Å². The first-order chi connectivity index (χ1) is 23.9. The highest BCUT2D eigenvalue weighted by atomic mass is 32.2. The number of fused-ring (bicyclic) bond motifs is 1. The van der Waals surface area contributed by atoms with Gasteiger partial charge in [-0.3, -0.25) is 4.55 Å². The summed E-state index contributed by atoms with van der Waals surface area (Å²) in [6.07, 6.45) is -6.74. The Kier molecular flexibility index (Phi) is 8.57. The molecule has 2 unspecified atom stereocenters. The van der Waals surface area contributed by atoms with Gasteiger partial charge in [0.1, 0.15) is 16.8 Å². The van der Waals surface area contributed by atoms with Gasteiger partial charge in [-0.05, 0) is 0 Å². The van der Waals surface area contributed by atoms with Gasteiger partial charge in [0.25, 0.3) is 11.9 Å². The molecule has 1 N–H and O–H groups in total. The van der Waals surface area contributed by atoms with Crippen LogP contribution in [0.1, 0.15) is 22.3 Å². The molecular weight excluding hydrogens is 823 g/mol. The van der Waals surface area contributed by atoms with Crippen molar-refractivity contribution in [2.45, 2.75) is 28.5 Å². The number of ether oxygens (including phenoxy) is 1. The lowest BCUT2D eigenvalue weighted by atomic mass is 9.73. The van der Waals surface area contributed by atoms with Crippen molar-refractivity contribution in [3.8, 4) is 11.4 Å². The molecule has 0 aliphatic carbocycles. The van der Waals surface area contributed by atoms with E-state index in [0.29, 0.717) is 0 Å². The molecule has 1 aromatic heterocycles. The lowest BCUT2D eigenvalue weighted by molar-refractivity contribution is -0.310. The number of hydrogen-bond acceptors (Lipinski definition) is 4. The Morgan fingerprint density at radius 2 is 1.04 bits per heavy atom. The van der Waals surface area contributed by atoms with Crippen molar-refractivity contribution < 1.29 is 110 Å². The molecule has 4 aromatic rings. The Balaban J connectivity index is 2.19. The number of benzene rings is 3. The van der Waals surface area contributed by atoms with Crippen LogP contribution in [0.4, 0.5) is 92.2 Å². The molecule has 288 valence electrons. The number of aromatic nitrogens is 2. The average molecular weight is 824 g/mol. The molecule has 1 aliphatic heterocycles. The van der Waals surface area contributed by atoms with E-state index < -0.39 is 159 Å². The van der Waals surface area contributed by atoms with Crippen LogP contribution in [0.2, 0.25) is 0 Å². The second-order valence-corrected chi connectivity index (χ2v) is 11.5. The first-order valence-corrected chi connectivity index (χ1v) is 13.9. The van der Waals surface area contributed by atoms with Gasteiger partial charge in [0, 0.05) is 0 Å². The average Bonchev–Trinajstić information content (AvgIpc) is 3.27. The number of rotatable bonds is 4. The molecule has 0 fully saturated rings. The normalized spacial score (nSPS) is 20.1. The van der Waals surface area contributed by atoms with E-state index in [9.17, 15) is 65.5 Å². The van der Waals surface area contributed by atoms with Crippen molar-refractivity contribution in [3.05, 3.63) is 104 Å². The zero-order valence-corrected chi connectivity index (χ0v) is 24.2. The fraction of sp³-hybridized carbons (Fsp3) is 0.160. The maximum Gasteiger partial charge on any atom is 0.422 e. The smallest absolute Gasteiger partial charge is 0.422 e. The molecular formula is C25HF21N2O4S. The Hall–Kier alpha value is -4.89. The Labute approximate surface area is 274 Å². The number of hydrogen-bond donors (Lipinski definition) is 1.